The second-order valence-electron chi connectivity index (χ2n) is 9.10. The highest BCUT2D eigenvalue weighted by Gasteiger charge is 2.68. The molecule has 1 spiro atoms. The molecule has 3 aliphatic rings. The third kappa shape index (κ3) is 3.01. The topological polar surface area (TPSA) is 47.6 Å². The molecule has 2 aliphatic carbocycles. The molecule has 1 unspecified atom stereocenters. The van der Waals surface area contributed by atoms with Gasteiger partial charge in [0.25, 0.3) is 0 Å². The number of hydrogen-bond donors (Lipinski definition) is 1. The van der Waals surface area contributed by atoms with Crippen LogP contribution in [0, 0.1) is 22.7 Å². The van der Waals surface area contributed by atoms with Crippen molar-refractivity contribution in [3.8, 4) is 0 Å². The molecule has 1 saturated heterocycles. The van der Waals surface area contributed by atoms with Crippen LogP contribution in [-0.2, 0) is 14.3 Å². The van der Waals surface area contributed by atoms with Gasteiger partial charge >= 0.3 is 0 Å². The zero-order valence-electron chi connectivity index (χ0n) is 16.5. The van der Waals surface area contributed by atoms with Gasteiger partial charge in [0.15, 0.2) is 0 Å². The molecule has 5 heteroatoms. The average Bonchev–Trinajstić information content (AvgIpc) is 3.13. The van der Waals surface area contributed by atoms with Gasteiger partial charge in [-0.15, -0.1) is 0 Å². The monoisotopic (exact) mass is 391 g/mol. The number of ether oxygens (including phenoxy) is 2. The van der Waals surface area contributed by atoms with Gasteiger partial charge in [0.2, 0.25) is 5.91 Å². The van der Waals surface area contributed by atoms with Crippen molar-refractivity contribution in [1.82, 2.24) is 5.32 Å². The lowest BCUT2D eigenvalue weighted by Gasteiger charge is -2.53. The first kappa shape index (κ1) is 19.2. The van der Waals surface area contributed by atoms with Gasteiger partial charge in [-0.2, -0.15) is 0 Å². The summed E-state index contributed by atoms with van der Waals surface area (Å²) in [6, 6.07) is 8.21. The van der Waals surface area contributed by atoms with E-state index in [2.05, 4.69) is 25.2 Å². The molecule has 1 amide bonds. The van der Waals surface area contributed by atoms with Crippen LogP contribution in [0.1, 0.15) is 51.2 Å². The molecule has 1 N–H and O–H groups in total. The van der Waals surface area contributed by atoms with Gasteiger partial charge < -0.3 is 14.8 Å². The summed E-state index contributed by atoms with van der Waals surface area (Å²) in [6.07, 6.45) is 3.76. The normalized spacial score (nSPS) is 36.4. The molecular weight excluding hydrogens is 362 g/mol. The summed E-state index contributed by atoms with van der Waals surface area (Å²) in [6.45, 7) is 5.83. The minimum atomic E-state index is 0.0203. The van der Waals surface area contributed by atoms with E-state index in [-0.39, 0.29) is 28.9 Å². The lowest BCUT2D eigenvalue weighted by atomic mass is 9.59. The molecule has 1 aliphatic heterocycles. The quantitative estimate of drug-likeness (QED) is 0.810. The van der Waals surface area contributed by atoms with Crippen molar-refractivity contribution in [1.29, 1.82) is 0 Å². The molecule has 2 saturated carbocycles. The highest BCUT2D eigenvalue weighted by molar-refractivity contribution is 6.31. The van der Waals surface area contributed by atoms with E-state index in [4.69, 9.17) is 21.1 Å². The summed E-state index contributed by atoms with van der Waals surface area (Å²) in [7, 11) is 1.64. The maximum absolute atomic E-state index is 12.6. The van der Waals surface area contributed by atoms with Crippen molar-refractivity contribution >= 4 is 17.5 Å². The van der Waals surface area contributed by atoms with E-state index in [1.54, 1.807) is 7.11 Å². The van der Waals surface area contributed by atoms with E-state index in [1.807, 2.05) is 18.2 Å². The SMILES string of the molecule is COCCC(=O)N[C@@H]1C(C)(C)[C@@H]2C[C@@H]3[C@@H](c4ccccc4Cl)OCCC31C2. The second kappa shape index (κ2) is 7.06. The van der Waals surface area contributed by atoms with Crippen molar-refractivity contribution in [2.45, 2.75) is 51.7 Å². The van der Waals surface area contributed by atoms with E-state index in [1.165, 1.54) is 6.42 Å². The fourth-order valence-electron chi connectivity index (χ4n) is 6.23. The Bertz CT molecular complexity index is 721. The Morgan fingerprint density at radius 2 is 2.15 bits per heavy atom. The maximum Gasteiger partial charge on any atom is 0.222 e. The summed E-state index contributed by atoms with van der Waals surface area (Å²) in [4.78, 5) is 12.6. The highest BCUT2D eigenvalue weighted by Crippen LogP contribution is 2.70. The lowest BCUT2D eigenvalue weighted by molar-refractivity contribution is -0.137. The fourth-order valence-corrected chi connectivity index (χ4v) is 6.47. The van der Waals surface area contributed by atoms with E-state index in [0.717, 1.165) is 30.0 Å². The number of benzene rings is 1. The van der Waals surface area contributed by atoms with Crippen molar-refractivity contribution in [2.24, 2.45) is 22.7 Å². The van der Waals surface area contributed by atoms with E-state index < -0.39 is 0 Å². The Hall–Kier alpha value is -1.10. The van der Waals surface area contributed by atoms with Gasteiger partial charge in [-0.1, -0.05) is 43.6 Å². The molecule has 4 rings (SSSR count). The van der Waals surface area contributed by atoms with Gasteiger partial charge in [-0.25, -0.2) is 0 Å². The number of fused-ring (bicyclic) bond motifs is 1. The minimum absolute atomic E-state index is 0.0203. The first-order valence-corrected chi connectivity index (χ1v) is 10.4. The molecule has 0 aromatic heterocycles. The minimum Gasteiger partial charge on any atom is -0.384 e. The third-order valence-corrected chi connectivity index (χ3v) is 7.90. The van der Waals surface area contributed by atoms with Crippen LogP contribution in [0.25, 0.3) is 0 Å². The summed E-state index contributed by atoms with van der Waals surface area (Å²) in [5.74, 6) is 1.09. The van der Waals surface area contributed by atoms with Crippen molar-refractivity contribution < 1.29 is 14.3 Å². The van der Waals surface area contributed by atoms with Crippen LogP contribution in [0.5, 0.6) is 0 Å². The van der Waals surface area contributed by atoms with Gasteiger partial charge in [-0.05, 0) is 53.6 Å². The number of carbonyl (C=O) groups is 1. The summed E-state index contributed by atoms with van der Waals surface area (Å²) >= 11 is 6.52. The van der Waals surface area contributed by atoms with Crippen LogP contribution in [0.3, 0.4) is 0 Å². The molecule has 148 valence electrons. The molecule has 1 heterocycles. The van der Waals surface area contributed by atoms with Crippen molar-refractivity contribution in [2.75, 3.05) is 20.3 Å². The molecule has 4 nitrogen and oxygen atoms in total. The van der Waals surface area contributed by atoms with Gasteiger partial charge in [0, 0.05) is 31.2 Å². The standard InChI is InChI=1S/C22H30ClNO3/c1-21(2)14-12-16-19(15-6-4-5-7-17(15)23)27-11-9-22(16,13-14)20(21)24-18(25)8-10-26-3/h4-7,14,16,19-20H,8-13H2,1-3H3,(H,24,25)/t14-,16-,19-,20-,22?/m1/s1. The Morgan fingerprint density at radius 3 is 2.89 bits per heavy atom. The van der Waals surface area contributed by atoms with Crippen LogP contribution in [0.15, 0.2) is 24.3 Å². The third-order valence-electron chi connectivity index (χ3n) is 7.56. The lowest BCUT2D eigenvalue weighted by Crippen LogP contribution is -2.59. The summed E-state index contributed by atoms with van der Waals surface area (Å²) in [5, 5.41) is 4.18. The molecule has 5 atom stereocenters. The number of rotatable bonds is 5. The van der Waals surface area contributed by atoms with Crippen LogP contribution in [-0.4, -0.2) is 32.3 Å². The first-order chi connectivity index (χ1) is 12.9. The van der Waals surface area contributed by atoms with Crippen molar-refractivity contribution in [3.63, 3.8) is 0 Å². The van der Waals surface area contributed by atoms with Crippen LogP contribution >= 0.6 is 11.6 Å². The van der Waals surface area contributed by atoms with Crippen molar-refractivity contribution in [3.05, 3.63) is 34.9 Å². The molecule has 1 aromatic carbocycles. The number of carbonyl (C=O) groups excluding carboxylic acids is 1. The van der Waals surface area contributed by atoms with Crippen LogP contribution in [0.4, 0.5) is 0 Å². The molecule has 2 bridgehead atoms. The molecule has 0 radical (unpaired) electrons. The van der Waals surface area contributed by atoms with E-state index in [9.17, 15) is 4.79 Å². The molecular formula is C22H30ClNO3. The highest BCUT2D eigenvalue weighted by atomic mass is 35.5. The fraction of sp³-hybridized carbons (Fsp3) is 0.682. The Balaban J connectivity index is 1.64. The van der Waals surface area contributed by atoms with E-state index >= 15 is 0 Å². The Labute approximate surface area is 166 Å². The van der Waals surface area contributed by atoms with Crippen LogP contribution < -0.4 is 5.32 Å². The summed E-state index contributed by atoms with van der Waals surface area (Å²) in [5.41, 5.74) is 1.29. The van der Waals surface area contributed by atoms with E-state index in [0.29, 0.717) is 24.9 Å². The number of halogens is 1. The van der Waals surface area contributed by atoms with Gasteiger partial charge in [0.05, 0.1) is 12.7 Å². The van der Waals surface area contributed by atoms with Gasteiger partial charge in [0.1, 0.15) is 0 Å². The maximum atomic E-state index is 12.6. The number of nitrogens with one attached hydrogen (secondary N) is 1. The molecule has 3 fully saturated rings. The predicted octanol–water partition coefficient (Wildman–Crippen LogP) is 4.38. The van der Waals surface area contributed by atoms with Gasteiger partial charge in [-0.3, -0.25) is 4.79 Å². The number of hydrogen-bond acceptors (Lipinski definition) is 3. The summed E-state index contributed by atoms with van der Waals surface area (Å²) < 4.78 is 11.4. The van der Waals surface area contributed by atoms with Crippen LogP contribution in [0.2, 0.25) is 5.02 Å². The largest absolute Gasteiger partial charge is 0.384 e. The zero-order valence-corrected chi connectivity index (χ0v) is 17.2. The number of methoxy groups -OCH3 is 1. The smallest absolute Gasteiger partial charge is 0.222 e. The zero-order chi connectivity index (χ0) is 19.2. The Kier molecular flexibility index (Phi) is 5.02. The molecule has 1 aromatic rings. The number of amides is 1. The predicted molar refractivity (Wildman–Crippen MR) is 106 cm³/mol. The second-order valence-corrected chi connectivity index (χ2v) is 9.51. The Morgan fingerprint density at radius 1 is 1.37 bits per heavy atom. The first-order valence-electron chi connectivity index (χ1n) is 10.0. The average molecular weight is 392 g/mol. The molecule has 27 heavy (non-hydrogen) atoms.